The molecule has 0 aliphatic carbocycles. The Labute approximate surface area is 126 Å². The second kappa shape index (κ2) is 6.33. The van der Waals surface area contributed by atoms with Crippen LogP contribution in [-0.4, -0.2) is 55.4 Å². The van der Waals surface area contributed by atoms with Crippen LogP contribution in [0, 0.1) is 11.3 Å². The van der Waals surface area contributed by atoms with Gasteiger partial charge in [0.05, 0.1) is 24.0 Å². The number of ether oxygens (including phenoxy) is 1. The van der Waals surface area contributed by atoms with Gasteiger partial charge in [-0.15, -0.1) is 0 Å². The maximum Gasteiger partial charge on any atom is 0.121 e. The minimum absolute atomic E-state index is 0.671. The highest BCUT2D eigenvalue weighted by Crippen LogP contribution is 2.26. The van der Waals surface area contributed by atoms with Gasteiger partial charge >= 0.3 is 0 Å². The van der Waals surface area contributed by atoms with Crippen molar-refractivity contribution in [3.63, 3.8) is 0 Å². The Morgan fingerprint density at radius 3 is 2.48 bits per heavy atom. The first-order valence-electron chi connectivity index (χ1n) is 7.21. The van der Waals surface area contributed by atoms with Gasteiger partial charge in [0.25, 0.3) is 0 Å². The molecule has 1 aliphatic rings. The molecule has 1 heterocycles. The van der Waals surface area contributed by atoms with E-state index in [0.29, 0.717) is 12.1 Å². The molecular weight excluding hydrogens is 266 g/mol. The van der Waals surface area contributed by atoms with Crippen LogP contribution in [0.2, 0.25) is 0 Å². The van der Waals surface area contributed by atoms with Crippen molar-refractivity contribution in [2.75, 3.05) is 44.7 Å². The average molecular weight is 289 g/mol. The summed E-state index contributed by atoms with van der Waals surface area (Å²) in [5, 5.41) is 19.1. The summed E-state index contributed by atoms with van der Waals surface area (Å²) in [4.78, 5) is 4.46. The molecule has 0 atom stereocenters. The topological polar surface area (TPSA) is 59.7 Å². The Morgan fingerprint density at radius 2 is 1.95 bits per heavy atom. The standard InChI is InChI=1S/C16H23N3O2/c1-16(2,20)12-18-6-8-19(9-7-18)15-10-14(21-3)5-4-13(15)11-17/h4-5,10,20H,6-9,12H2,1-3H3. The normalized spacial score (nSPS) is 16.6. The van der Waals surface area contributed by atoms with E-state index in [9.17, 15) is 10.4 Å². The van der Waals surface area contributed by atoms with E-state index in [4.69, 9.17) is 4.74 Å². The van der Waals surface area contributed by atoms with Gasteiger partial charge < -0.3 is 14.7 Å². The van der Waals surface area contributed by atoms with Crippen molar-refractivity contribution in [1.82, 2.24) is 4.90 Å². The van der Waals surface area contributed by atoms with E-state index in [1.807, 2.05) is 26.0 Å². The Kier molecular flexibility index (Phi) is 4.71. The zero-order valence-corrected chi connectivity index (χ0v) is 13.0. The fraction of sp³-hybridized carbons (Fsp3) is 0.562. The Bertz CT molecular complexity index is 523. The number of anilines is 1. The summed E-state index contributed by atoms with van der Waals surface area (Å²) in [5.41, 5.74) is 0.933. The lowest BCUT2D eigenvalue weighted by molar-refractivity contribution is 0.0345. The predicted octanol–water partition coefficient (Wildman–Crippen LogP) is 1.46. The summed E-state index contributed by atoms with van der Waals surface area (Å²) in [6.07, 6.45) is 0. The third-order valence-electron chi connectivity index (χ3n) is 3.65. The number of benzene rings is 1. The van der Waals surface area contributed by atoms with Gasteiger partial charge in [-0.3, -0.25) is 4.90 Å². The van der Waals surface area contributed by atoms with E-state index in [1.54, 1.807) is 13.2 Å². The van der Waals surface area contributed by atoms with E-state index in [1.165, 1.54) is 0 Å². The highest BCUT2D eigenvalue weighted by molar-refractivity contribution is 5.62. The third-order valence-corrected chi connectivity index (χ3v) is 3.65. The molecule has 0 unspecified atom stereocenters. The van der Waals surface area contributed by atoms with Crippen LogP contribution >= 0.6 is 0 Å². The van der Waals surface area contributed by atoms with E-state index in [0.717, 1.165) is 37.6 Å². The molecule has 1 aromatic carbocycles. The van der Waals surface area contributed by atoms with Crippen molar-refractivity contribution in [3.05, 3.63) is 23.8 Å². The number of hydrogen-bond acceptors (Lipinski definition) is 5. The lowest BCUT2D eigenvalue weighted by atomic mass is 10.1. The van der Waals surface area contributed by atoms with Crippen molar-refractivity contribution in [2.45, 2.75) is 19.4 Å². The van der Waals surface area contributed by atoms with Gasteiger partial charge in [-0.1, -0.05) is 0 Å². The molecule has 0 amide bonds. The number of aliphatic hydroxyl groups is 1. The van der Waals surface area contributed by atoms with E-state index < -0.39 is 5.60 Å². The second-order valence-electron chi connectivity index (χ2n) is 6.07. The molecule has 0 saturated carbocycles. The largest absolute Gasteiger partial charge is 0.497 e. The summed E-state index contributed by atoms with van der Waals surface area (Å²) in [6, 6.07) is 7.78. The first-order chi connectivity index (χ1) is 9.93. The quantitative estimate of drug-likeness (QED) is 0.909. The molecule has 0 spiro atoms. The van der Waals surface area contributed by atoms with Gasteiger partial charge in [0.15, 0.2) is 0 Å². The van der Waals surface area contributed by atoms with E-state index in [2.05, 4.69) is 15.9 Å². The monoisotopic (exact) mass is 289 g/mol. The molecule has 1 aliphatic heterocycles. The summed E-state index contributed by atoms with van der Waals surface area (Å²) >= 11 is 0. The Balaban J connectivity index is 2.07. The molecule has 0 radical (unpaired) electrons. The predicted molar refractivity (Wildman–Crippen MR) is 82.7 cm³/mol. The van der Waals surface area contributed by atoms with Crippen LogP contribution in [0.4, 0.5) is 5.69 Å². The summed E-state index contributed by atoms with van der Waals surface area (Å²) < 4.78 is 5.25. The second-order valence-corrected chi connectivity index (χ2v) is 6.07. The minimum atomic E-state index is -0.671. The van der Waals surface area contributed by atoms with E-state index >= 15 is 0 Å². The molecule has 21 heavy (non-hydrogen) atoms. The van der Waals surface area contributed by atoms with Gasteiger partial charge in [0.2, 0.25) is 0 Å². The first kappa shape index (κ1) is 15.6. The zero-order chi connectivity index (χ0) is 15.5. The van der Waals surface area contributed by atoms with Crippen LogP contribution < -0.4 is 9.64 Å². The number of β-amino-alcohol motifs (C(OH)–C–C–N with tert-alkyl or cyclic N) is 1. The van der Waals surface area contributed by atoms with Crippen molar-refractivity contribution >= 4 is 5.69 Å². The number of piperazine rings is 1. The summed E-state index contributed by atoms with van der Waals surface area (Å²) in [6.45, 7) is 7.78. The van der Waals surface area contributed by atoms with Crippen LogP contribution in [0.15, 0.2) is 18.2 Å². The molecular formula is C16H23N3O2. The van der Waals surface area contributed by atoms with Gasteiger partial charge in [-0.05, 0) is 26.0 Å². The summed E-state index contributed by atoms with van der Waals surface area (Å²) in [7, 11) is 1.63. The molecule has 1 aromatic rings. The molecule has 114 valence electrons. The van der Waals surface area contributed by atoms with Crippen LogP contribution in [0.5, 0.6) is 5.75 Å². The van der Waals surface area contributed by atoms with Crippen molar-refractivity contribution in [2.24, 2.45) is 0 Å². The molecule has 1 fully saturated rings. The Hall–Kier alpha value is -1.77. The Morgan fingerprint density at radius 1 is 1.29 bits per heavy atom. The molecule has 0 bridgehead atoms. The highest BCUT2D eigenvalue weighted by atomic mass is 16.5. The molecule has 1 N–H and O–H groups in total. The van der Waals surface area contributed by atoms with E-state index in [-0.39, 0.29) is 0 Å². The molecule has 1 saturated heterocycles. The zero-order valence-electron chi connectivity index (χ0n) is 13.0. The van der Waals surface area contributed by atoms with Gasteiger partial charge in [-0.25, -0.2) is 0 Å². The van der Waals surface area contributed by atoms with Crippen molar-refractivity contribution < 1.29 is 9.84 Å². The fourth-order valence-electron chi connectivity index (χ4n) is 2.69. The molecule has 5 nitrogen and oxygen atoms in total. The lowest BCUT2D eigenvalue weighted by Gasteiger charge is -2.38. The minimum Gasteiger partial charge on any atom is -0.497 e. The maximum atomic E-state index is 9.89. The number of hydrogen-bond donors (Lipinski definition) is 1. The SMILES string of the molecule is COc1ccc(C#N)c(N2CCN(CC(C)(C)O)CC2)c1. The smallest absolute Gasteiger partial charge is 0.121 e. The van der Waals surface area contributed by atoms with Crippen LogP contribution in [0.1, 0.15) is 19.4 Å². The average Bonchev–Trinajstić information content (AvgIpc) is 2.45. The van der Waals surface area contributed by atoms with Crippen LogP contribution in [-0.2, 0) is 0 Å². The number of nitrogens with zero attached hydrogens (tertiary/aromatic N) is 3. The fourth-order valence-corrected chi connectivity index (χ4v) is 2.69. The highest BCUT2D eigenvalue weighted by Gasteiger charge is 2.24. The maximum absolute atomic E-state index is 9.89. The van der Waals surface area contributed by atoms with Gasteiger partial charge in [0, 0.05) is 38.8 Å². The van der Waals surface area contributed by atoms with Gasteiger partial charge in [0.1, 0.15) is 11.8 Å². The molecule has 2 rings (SSSR count). The summed E-state index contributed by atoms with van der Waals surface area (Å²) in [5.74, 6) is 0.767. The number of rotatable bonds is 4. The third kappa shape index (κ3) is 4.10. The molecule has 0 aromatic heterocycles. The van der Waals surface area contributed by atoms with Crippen molar-refractivity contribution in [3.8, 4) is 11.8 Å². The van der Waals surface area contributed by atoms with Gasteiger partial charge in [-0.2, -0.15) is 5.26 Å². The number of methoxy groups -OCH3 is 1. The lowest BCUT2D eigenvalue weighted by Crippen LogP contribution is -2.50. The molecule has 5 heteroatoms. The van der Waals surface area contributed by atoms with Crippen LogP contribution in [0.25, 0.3) is 0 Å². The van der Waals surface area contributed by atoms with Crippen LogP contribution in [0.3, 0.4) is 0 Å². The first-order valence-corrected chi connectivity index (χ1v) is 7.21. The number of nitriles is 1. The van der Waals surface area contributed by atoms with Crippen molar-refractivity contribution in [1.29, 1.82) is 5.26 Å².